The minimum absolute atomic E-state index is 1.16. The summed E-state index contributed by atoms with van der Waals surface area (Å²) >= 11 is 0. The van der Waals surface area contributed by atoms with Gasteiger partial charge in [0.05, 0.1) is 0 Å². The highest BCUT2D eigenvalue weighted by molar-refractivity contribution is 5.52. The predicted octanol–water partition coefficient (Wildman–Crippen LogP) is 4.88. The monoisotopic (exact) mass is 240 g/mol. The van der Waals surface area contributed by atoms with Gasteiger partial charge in [0.2, 0.25) is 0 Å². The molecule has 0 saturated carbocycles. The number of hydrogen-bond donors (Lipinski definition) is 0. The second-order valence-corrected chi connectivity index (χ2v) is 4.81. The van der Waals surface area contributed by atoms with Crippen LogP contribution in [0.15, 0.2) is 18.2 Å². The first-order valence-corrected chi connectivity index (χ1v) is 6.75. The van der Waals surface area contributed by atoms with Gasteiger partial charge in [-0.25, -0.2) is 0 Å². The fourth-order valence-corrected chi connectivity index (χ4v) is 2.32. The van der Waals surface area contributed by atoms with E-state index in [9.17, 15) is 0 Å². The molecule has 0 N–H and O–H groups in total. The largest absolute Gasteiger partial charge is 0.101 e. The molecule has 0 radical (unpaired) electrons. The third kappa shape index (κ3) is 3.50. The van der Waals surface area contributed by atoms with Crippen LogP contribution in [0.1, 0.15) is 54.5 Å². The fraction of sp³-hybridized carbons (Fsp3) is 0.444. The van der Waals surface area contributed by atoms with E-state index >= 15 is 0 Å². The average Bonchev–Trinajstić information content (AvgIpc) is 2.36. The molecule has 96 valence electrons. The molecular weight excluding hydrogens is 216 g/mol. The van der Waals surface area contributed by atoms with Gasteiger partial charge in [-0.2, -0.15) is 0 Å². The number of benzene rings is 1. The van der Waals surface area contributed by atoms with Crippen LogP contribution < -0.4 is 0 Å². The van der Waals surface area contributed by atoms with Gasteiger partial charge in [0.15, 0.2) is 0 Å². The molecule has 0 saturated heterocycles. The first-order chi connectivity index (χ1) is 8.61. The fourth-order valence-electron chi connectivity index (χ4n) is 2.32. The van der Waals surface area contributed by atoms with Crippen molar-refractivity contribution in [2.45, 2.75) is 53.9 Å². The predicted molar refractivity (Wildman–Crippen MR) is 81.0 cm³/mol. The lowest BCUT2D eigenvalue weighted by atomic mass is 9.91. The first kappa shape index (κ1) is 14.6. The summed E-state index contributed by atoms with van der Waals surface area (Å²) in [7, 11) is 0. The van der Waals surface area contributed by atoms with Crippen LogP contribution in [0, 0.1) is 32.6 Å². The lowest BCUT2D eigenvalue weighted by Crippen LogP contribution is -1.99. The summed E-state index contributed by atoms with van der Waals surface area (Å²) in [5.41, 5.74) is 6.78. The maximum atomic E-state index is 3.23. The third-order valence-electron chi connectivity index (χ3n) is 3.51. The van der Waals surface area contributed by atoms with Crippen molar-refractivity contribution in [3.8, 4) is 11.8 Å². The minimum Gasteiger partial charge on any atom is -0.101 e. The van der Waals surface area contributed by atoms with Crippen LogP contribution in [-0.2, 0) is 6.42 Å². The van der Waals surface area contributed by atoms with Crippen molar-refractivity contribution in [2.75, 3.05) is 0 Å². The van der Waals surface area contributed by atoms with Crippen molar-refractivity contribution in [3.05, 3.63) is 46.0 Å². The Bertz CT molecular complexity index is 493. The first-order valence-electron chi connectivity index (χ1n) is 6.75. The second kappa shape index (κ2) is 7.07. The number of aryl methyl sites for hydroxylation is 2. The quantitative estimate of drug-likeness (QED) is 0.399. The highest BCUT2D eigenvalue weighted by Gasteiger charge is 2.08. The number of allylic oxidation sites excluding steroid dienone is 2. The highest BCUT2D eigenvalue weighted by Crippen LogP contribution is 2.22. The third-order valence-corrected chi connectivity index (χ3v) is 3.51. The number of rotatable bonds is 4. The molecule has 1 aromatic rings. The van der Waals surface area contributed by atoms with E-state index in [0.717, 1.165) is 6.42 Å². The summed E-state index contributed by atoms with van der Waals surface area (Å²) in [5.74, 6) is 6.24. The van der Waals surface area contributed by atoms with E-state index in [1.807, 2.05) is 6.92 Å². The van der Waals surface area contributed by atoms with E-state index < -0.39 is 0 Å². The molecule has 18 heavy (non-hydrogen) atoms. The van der Waals surface area contributed by atoms with Crippen molar-refractivity contribution in [1.29, 1.82) is 0 Å². The molecule has 0 unspecified atom stereocenters. The summed E-state index contributed by atoms with van der Waals surface area (Å²) in [6.45, 7) is 10.6. The van der Waals surface area contributed by atoms with E-state index in [-0.39, 0.29) is 0 Å². The van der Waals surface area contributed by atoms with Crippen LogP contribution in [0.4, 0.5) is 0 Å². The van der Waals surface area contributed by atoms with Gasteiger partial charge in [0.25, 0.3) is 0 Å². The van der Waals surface area contributed by atoms with Gasteiger partial charge >= 0.3 is 0 Å². The van der Waals surface area contributed by atoms with Crippen molar-refractivity contribution in [2.24, 2.45) is 0 Å². The molecule has 0 spiro atoms. The van der Waals surface area contributed by atoms with Crippen molar-refractivity contribution in [1.82, 2.24) is 0 Å². The Balaban J connectivity index is 2.97. The van der Waals surface area contributed by atoms with Gasteiger partial charge < -0.3 is 0 Å². The zero-order chi connectivity index (χ0) is 13.5. The van der Waals surface area contributed by atoms with Crippen molar-refractivity contribution < 1.29 is 0 Å². The van der Waals surface area contributed by atoms with Crippen LogP contribution in [-0.4, -0.2) is 0 Å². The lowest BCUT2D eigenvalue weighted by molar-refractivity contribution is 0.834. The summed E-state index contributed by atoms with van der Waals surface area (Å²) in [6, 6.07) is 2.32. The molecule has 0 fully saturated rings. The number of unbranched alkanes of at least 4 members (excludes halogenated alkanes) is 1. The van der Waals surface area contributed by atoms with Gasteiger partial charge in [0, 0.05) is 5.56 Å². The minimum atomic E-state index is 1.16. The van der Waals surface area contributed by atoms with Gasteiger partial charge in [-0.3, -0.25) is 0 Å². The van der Waals surface area contributed by atoms with Crippen LogP contribution in [0.5, 0.6) is 0 Å². The van der Waals surface area contributed by atoms with Crippen molar-refractivity contribution >= 4 is 0 Å². The highest BCUT2D eigenvalue weighted by atomic mass is 14.1. The summed E-state index contributed by atoms with van der Waals surface area (Å²) in [4.78, 5) is 0. The van der Waals surface area contributed by atoms with E-state index in [1.165, 1.54) is 40.7 Å². The Morgan fingerprint density at radius 3 is 2.50 bits per heavy atom. The van der Waals surface area contributed by atoms with Crippen LogP contribution in [0.2, 0.25) is 0 Å². The smallest absolute Gasteiger partial charge is 0.0306 e. The molecule has 0 amide bonds. The van der Waals surface area contributed by atoms with E-state index in [4.69, 9.17) is 0 Å². The normalized spacial score (nSPS) is 10.5. The lowest BCUT2D eigenvalue weighted by Gasteiger charge is -2.13. The molecule has 0 atom stereocenters. The topological polar surface area (TPSA) is 0 Å². The molecule has 0 aliphatic heterocycles. The Hall–Kier alpha value is -1.48. The van der Waals surface area contributed by atoms with E-state index in [0.29, 0.717) is 0 Å². The molecule has 1 rings (SSSR count). The zero-order valence-electron chi connectivity index (χ0n) is 12.4. The SMILES string of the molecule is CC#Cc1c(C)cc(CCC/C=C/C)c(C)c1C. The molecule has 0 aliphatic rings. The Labute approximate surface area is 112 Å². The maximum Gasteiger partial charge on any atom is 0.0306 e. The molecule has 0 aliphatic carbocycles. The Kier molecular flexibility index (Phi) is 5.72. The second-order valence-electron chi connectivity index (χ2n) is 4.81. The van der Waals surface area contributed by atoms with Crippen molar-refractivity contribution in [3.63, 3.8) is 0 Å². The van der Waals surface area contributed by atoms with Crippen LogP contribution in [0.25, 0.3) is 0 Å². The van der Waals surface area contributed by atoms with Gasteiger partial charge in [-0.05, 0) is 76.1 Å². The van der Waals surface area contributed by atoms with E-state index in [1.54, 1.807) is 0 Å². The summed E-state index contributed by atoms with van der Waals surface area (Å²) < 4.78 is 0. The van der Waals surface area contributed by atoms with Crippen LogP contribution >= 0.6 is 0 Å². The molecule has 0 heterocycles. The van der Waals surface area contributed by atoms with Crippen LogP contribution in [0.3, 0.4) is 0 Å². The molecule has 0 aromatic heterocycles. The molecule has 0 bridgehead atoms. The Morgan fingerprint density at radius 2 is 1.89 bits per heavy atom. The standard InChI is InChI=1S/C18H24/c1-6-8-9-10-12-17-13-14(3)18(11-7-2)16(5)15(17)4/h6,8,13H,9-10,12H2,1-5H3/b8-6+. The van der Waals surface area contributed by atoms with Gasteiger partial charge in [-0.1, -0.05) is 24.1 Å². The van der Waals surface area contributed by atoms with Gasteiger partial charge in [-0.15, -0.1) is 5.92 Å². The maximum absolute atomic E-state index is 3.23. The summed E-state index contributed by atoms with van der Waals surface area (Å²) in [6.07, 6.45) is 7.93. The average molecular weight is 240 g/mol. The summed E-state index contributed by atoms with van der Waals surface area (Å²) in [5, 5.41) is 0. The zero-order valence-corrected chi connectivity index (χ0v) is 12.4. The molecule has 0 nitrogen and oxygen atoms in total. The molecular formula is C18H24. The molecule has 1 aromatic carbocycles. The number of hydrogen-bond acceptors (Lipinski definition) is 0. The Morgan fingerprint density at radius 1 is 1.17 bits per heavy atom. The van der Waals surface area contributed by atoms with E-state index in [2.05, 4.69) is 57.8 Å². The molecule has 0 heteroatoms. The van der Waals surface area contributed by atoms with Gasteiger partial charge in [0.1, 0.15) is 0 Å².